The van der Waals surface area contributed by atoms with E-state index in [9.17, 15) is 9.00 Å². The molecule has 1 saturated carbocycles. The summed E-state index contributed by atoms with van der Waals surface area (Å²) in [6.45, 7) is 6.17. The van der Waals surface area contributed by atoms with Crippen LogP contribution >= 0.6 is 0 Å². The van der Waals surface area contributed by atoms with Crippen molar-refractivity contribution >= 4 is 22.5 Å². The minimum atomic E-state index is -1.09. The van der Waals surface area contributed by atoms with Crippen molar-refractivity contribution < 1.29 is 9.00 Å². The Labute approximate surface area is 139 Å². The van der Waals surface area contributed by atoms with Crippen LogP contribution in [0.3, 0.4) is 0 Å². The number of aromatic nitrogens is 2. The number of aryl methyl sites for hydroxylation is 1. The van der Waals surface area contributed by atoms with Crippen LogP contribution in [0.1, 0.15) is 51.6 Å². The number of hydrogen-bond donors (Lipinski definition) is 2. The number of nitrogens with zero attached hydrogens (tertiary/aromatic N) is 2. The molecule has 6 nitrogen and oxygen atoms in total. The lowest BCUT2D eigenvalue weighted by Crippen LogP contribution is -2.56. The molecule has 1 fully saturated rings. The highest BCUT2D eigenvalue weighted by molar-refractivity contribution is 7.85. The average molecular weight is 336 g/mol. The van der Waals surface area contributed by atoms with Crippen LogP contribution in [-0.4, -0.2) is 38.4 Å². The summed E-state index contributed by atoms with van der Waals surface area (Å²) in [6.07, 6.45) is 3.24. The van der Waals surface area contributed by atoms with Gasteiger partial charge in [-0.2, -0.15) is 0 Å². The molecule has 0 bridgehead atoms. The molecule has 1 unspecified atom stereocenters. The Morgan fingerprint density at radius 3 is 2.48 bits per heavy atom. The van der Waals surface area contributed by atoms with Crippen molar-refractivity contribution in [3.63, 3.8) is 0 Å². The van der Waals surface area contributed by atoms with E-state index in [1.165, 1.54) is 0 Å². The van der Waals surface area contributed by atoms with E-state index in [0.717, 1.165) is 30.8 Å². The van der Waals surface area contributed by atoms with E-state index in [0.29, 0.717) is 22.9 Å². The average Bonchev–Trinajstić information content (AvgIpc) is 2.82. The number of amides is 1. The third kappa shape index (κ3) is 2.75. The van der Waals surface area contributed by atoms with Crippen molar-refractivity contribution in [3.05, 3.63) is 11.5 Å². The maximum Gasteiger partial charge on any atom is 0.245 e. The first-order chi connectivity index (χ1) is 10.8. The van der Waals surface area contributed by atoms with Crippen molar-refractivity contribution in [1.82, 2.24) is 15.3 Å². The van der Waals surface area contributed by atoms with Crippen LogP contribution in [0.4, 0.5) is 5.82 Å². The highest BCUT2D eigenvalue weighted by Crippen LogP contribution is 2.38. The molecule has 2 N–H and O–H groups in total. The van der Waals surface area contributed by atoms with E-state index in [2.05, 4.69) is 41.4 Å². The summed E-state index contributed by atoms with van der Waals surface area (Å²) in [6, 6.07) is 0. The molecule has 0 radical (unpaired) electrons. The maximum atomic E-state index is 12.4. The Morgan fingerprint density at radius 1 is 1.26 bits per heavy atom. The van der Waals surface area contributed by atoms with E-state index in [1.807, 2.05) is 0 Å². The van der Waals surface area contributed by atoms with Gasteiger partial charge in [0.2, 0.25) is 5.91 Å². The van der Waals surface area contributed by atoms with Crippen LogP contribution in [-0.2, 0) is 27.4 Å². The molecule has 1 aliphatic carbocycles. The standard InChI is InChI=1S/C16H24N4O2S/c1-15(2,3)13-18-10-6-9-23(22)11(10)12(19-13)20-16(7-5-8-16)14(21)17-4/h5-9H2,1-4H3,(H,17,21)(H,18,19,20). The normalized spacial score (nSPS) is 22.2. The van der Waals surface area contributed by atoms with Gasteiger partial charge in [0.15, 0.2) is 0 Å². The minimum absolute atomic E-state index is 0.0304. The van der Waals surface area contributed by atoms with Gasteiger partial charge in [0, 0.05) is 24.6 Å². The fourth-order valence-corrected chi connectivity index (χ4v) is 4.33. The lowest BCUT2D eigenvalue weighted by molar-refractivity contribution is -0.127. The quantitative estimate of drug-likeness (QED) is 0.874. The summed E-state index contributed by atoms with van der Waals surface area (Å²) in [5.41, 5.74) is 0.0332. The summed E-state index contributed by atoms with van der Waals surface area (Å²) in [5.74, 6) is 1.86. The zero-order valence-corrected chi connectivity index (χ0v) is 15.0. The molecule has 1 amide bonds. The smallest absolute Gasteiger partial charge is 0.245 e. The highest BCUT2D eigenvalue weighted by Gasteiger charge is 2.45. The highest BCUT2D eigenvalue weighted by atomic mass is 32.2. The molecule has 1 aliphatic heterocycles. The minimum Gasteiger partial charge on any atom is -0.357 e. The van der Waals surface area contributed by atoms with Crippen molar-refractivity contribution in [2.24, 2.45) is 0 Å². The van der Waals surface area contributed by atoms with Gasteiger partial charge in [-0.05, 0) is 19.3 Å². The van der Waals surface area contributed by atoms with Crippen molar-refractivity contribution in [2.45, 2.75) is 62.3 Å². The molecule has 7 heteroatoms. The molecule has 23 heavy (non-hydrogen) atoms. The molecule has 0 saturated heterocycles. The second-order valence-corrected chi connectivity index (χ2v) is 8.87. The number of hydrogen-bond acceptors (Lipinski definition) is 5. The molecule has 1 atom stereocenters. The predicted octanol–water partition coefficient (Wildman–Crippen LogP) is 1.52. The second-order valence-electron chi connectivity index (χ2n) is 7.36. The number of nitrogens with one attached hydrogen (secondary N) is 2. The third-order valence-electron chi connectivity index (χ3n) is 4.58. The lowest BCUT2D eigenvalue weighted by Gasteiger charge is -2.41. The molecule has 2 heterocycles. The van der Waals surface area contributed by atoms with Gasteiger partial charge in [0.25, 0.3) is 0 Å². The Hall–Kier alpha value is -1.50. The third-order valence-corrected chi connectivity index (χ3v) is 6.04. The zero-order valence-electron chi connectivity index (χ0n) is 14.2. The van der Waals surface area contributed by atoms with Gasteiger partial charge in [-0.3, -0.25) is 9.00 Å². The predicted molar refractivity (Wildman–Crippen MR) is 90.0 cm³/mol. The van der Waals surface area contributed by atoms with Crippen molar-refractivity contribution in [3.8, 4) is 0 Å². The molecular weight excluding hydrogens is 312 g/mol. The molecular formula is C16H24N4O2S. The molecule has 126 valence electrons. The van der Waals surface area contributed by atoms with Gasteiger partial charge in [0.05, 0.1) is 16.5 Å². The lowest BCUT2D eigenvalue weighted by atomic mass is 9.76. The summed E-state index contributed by atoms with van der Waals surface area (Å²) >= 11 is 0. The Kier molecular flexibility index (Phi) is 3.94. The molecule has 0 spiro atoms. The van der Waals surface area contributed by atoms with Gasteiger partial charge >= 0.3 is 0 Å². The number of likely N-dealkylation sites (N-methyl/N-ethyl adjacent to an activating group) is 1. The van der Waals surface area contributed by atoms with Gasteiger partial charge < -0.3 is 10.6 Å². The van der Waals surface area contributed by atoms with Gasteiger partial charge in [0.1, 0.15) is 22.1 Å². The van der Waals surface area contributed by atoms with Crippen molar-refractivity contribution in [1.29, 1.82) is 0 Å². The van der Waals surface area contributed by atoms with Crippen LogP contribution < -0.4 is 10.6 Å². The monoisotopic (exact) mass is 336 g/mol. The first-order valence-corrected chi connectivity index (χ1v) is 9.39. The first-order valence-electron chi connectivity index (χ1n) is 8.07. The second kappa shape index (κ2) is 5.54. The van der Waals surface area contributed by atoms with Crippen LogP contribution in [0.15, 0.2) is 4.90 Å². The number of carbonyl (C=O) groups excluding carboxylic acids is 1. The van der Waals surface area contributed by atoms with Crippen LogP contribution in [0.25, 0.3) is 0 Å². The van der Waals surface area contributed by atoms with Crippen molar-refractivity contribution in [2.75, 3.05) is 18.1 Å². The van der Waals surface area contributed by atoms with E-state index in [1.54, 1.807) is 7.05 Å². The topological polar surface area (TPSA) is 84.0 Å². The van der Waals surface area contributed by atoms with E-state index < -0.39 is 16.3 Å². The summed E-state index contributed by atoms with van der Waals surface area (Å²) in [5, 5.41) is 6.06. The summed E-state index contributed by atoms with van der Waals surface area (Å²) in [7, 11) is 0.555. The fraction of sp³-hybridized carbons (Fsp3) is 0.688. The van der Waals surface area contributed by atoms with Gasteiger partial charge in [-0.1, -0.05) is 20.8 Å². The van der Waals surface area contributed by atoms with Crippen LogP contribution in [0.2, 0.25) is 0 Å². The molecule has 2 aliphatic rings. The van der Waals surface area contributed by atoms with Crippen LogP contribution in [0, 0.1) is 0 Å². The van der Waals surface area contributed by atoms with Crippen LogP contribution in [0.5, 0.6) is 0 Å². The number of fused-ring (bicyclic) bond motifs is 1. The van der Waals surface area contributed by atoms with E-state index >= 15 is 0 Å². The first kappa shape index (κ1) is 16.4. The number of rotatable bonds is 3. The SMILES string of the molecule is CNC(=O)C1(Nc2nc(C(C)(C)C)nc3c2S(=O)CC3)CCC1. The Balaban J connectivity index is 2.06. The Morgan fingerprint density at radius 2 is 1.96 bits per heavy atom. The number of anilines is 1. The maximum absolute atomic E-state index is 12.4. The van der Waals surface area contributed by atoms with E-state index in [-0.39, 0.29) is 11.3 Å². The number of carbonyl (C=O) groups is 1. The fourth-order valence-electron chi connectivity index (χ4n) is 3.02. The molecule has 0 aromatic carbocycles. The molecule has 3 rings (SSSR count). The molecule has 1 aromatic rings. The zero-order chi connectivity index (χ0) is 16.8. The van der Waals surface area contributed by atoms with Gasteiger partial charge in [-0.15, -0.1) is 0 Å². The molecule has 1 aromatic heterocycles. The van der Waals surface area contributed by atoms with Gasteiger partial charge in [-0.25, -0.2) is 9.97 Å². The largest absolute Gasteiger partial charge is 0.357 e. The summed E-state index contributed by atoms with van der Waals surface area (Å²) < 4.78 is 12.4. The Bertz CT molecular complexity index is 677. The van der Waals surface area contributed by atoms with E-state index in [4.69, 9.17) is 0 Å². The summed E-state index contributed by atoms with van der Waals surface area (Å²) in [4.78, 5) is 22.3.